The van der Waals surface area contributed by atoms with Gasteiger partial charge in [0, 0.05) is 44.2 Å². The number of amides is 1. The summed E-state index contributed by atoms with van der Waals surface area (Å²) < 4.78 is 4.98. The zero-order valence-electron chi connectivity index (χ0n) is 17.1. The molecule has 1 saturated heterocycles. The average Bonchev–Trinajstić information content (AvgIpc) is 2.75. The fraction of sp³-hybridized carbons (Fsp3) is 0.318. The van der Waals surface area contributed by atoms with Gasteiger partial charge in [0.25, 0.3) is 5.56 Å². The van der Waals surface area contributed by atoms with Gasteiger partial charge in [-0.1, -0.05) is 24.3 Å². The molecule has 1 amide bonds. The molecule has 8 nitrogen and oxygen atoms in total. The number of fused-ring (bicyclic) bond motifs is 1. The molecule has 0 unspecified atom stereocenters. The third kappa shape index (κ3) is 4.05. The van der Waals surface area contributed by atoms with Crippen molar-refractivity contribution in [3.8, 4) is 11.3 Å². The van der Waals surface area contributed by atoms with Crippen LogP contribution in [-0.2, 0) is 9.53 Å². The molecule has 0 atom stereocenters. The maximum atomic E-state index is 12.3. The topological polar surface area (TPSA) is 90.6 Å². The molecule has 156 valence electrons. The van der Waals surface area contributed by atoms with Gasteiger partial charge in [-0.05, 0) is 25.2 Å². The monoisotopic (exact) mass is 407 g/mol. The Morgan fingerprint density at radius 2 is 1.87 bits per heavy atom. The molecule has 0 radical (unpaired) electrons. The Balaban J connectivity index is 1.78. The van der Waals surface area contributed by atoms with E-state index < -0.39 is 0 Å². The van der Waals surface area contributed by atoms with Crippen LogP contribution in [-0.4, -0.2) is 67.9 Å². The molecule has 1 fully saturated rings. The van der Waals surface area contributed by atoms with Crippen LogP contribution in [0.4, 0.5) is 11.4 Å². The molecule has 1 aliphatic heterocycles. The van der Waals surface area contributed by atoms with Gasteiger partial charge in [-0.2, -0.15) is 5.10 Å². The molecule has 2 aromatic carbocycles. The van der Waals surface area contributed by atoms with Crippen molar-refractivity contribution in [1.82, 2.24) is 15.1 Å². The first-order valence-electron chi connectivity index (χ1n) is 9.91. The quantitative estimate of drug-likeness (QED) is 0.672. The largest absolute Gasteiger partial charge is 0.375 e. The second-order valence-electron chi connectivity index (χ2n) is 7.45. The van der Waals surface area contributed by atoms with Crippen molar-refractivity contribution < 1.29 is 9.53 Å². The number of aromatic amines is 1. The van der Waals surface area contributed by atoms with Crippen LogP contribution >= 0.6 is 0 Å². The highest BCUT2D eigenvalue weighted by atomic mass is 16.5. The number of ether oxygens (including phenoxy) is 1. The molecule has 1 aromatic heterocycles. The fourth-order valence-electron chi connectivity index (χ4n) is 3.76. The minimum atomic E-state index is -0.225. The van der Waals surface area contributed by atoms with E-state index >= 15 is 0 Å². The van der Waals surface area contributed by atoms with Crippen molar-refractivity contribution in [2.45, 2.75) is 0 Å². The number of nitrogens with zero attached hydrogens (tertiary/aromatic N) is 3. The van der Waals surface area contributed by atoms with Crippen molar-refractivity contribution in [3.63, 3.8) is 0 Å². The maximum Gasteiger partial charge on any atom is 0.272 e. The highest BCUT2D eigenvalue weighted by Crippen LogP contribution is 2.33. The lowest BCUT2D eigenvalue weighted by atomic mass is 10.0. The van der Waals surface area contributed by atoms with Gasteiger partial charge in [0.15, 0.2) is 0 Å². The lowest BCUT2D eigenvalue weighted by molar-refractivity contribution is -0.119. The van der Waals surface area contributed by atoms with E-state index in [0.717, 1.165) is 42.8 Å². The molecule has 0 spiro atoms. The lowest BCUT2D eigenvalue weighted by Gasteiger charge is -2.35. The summed E-state index contributed by atoms with van der Waals surface area (Å²) in [6.45, 7) is 3.65. The fourth-order valence-corrected chi connectivity index (χ4v) is 3.76. The van der Waals surface area contributed by atoms with Crippen molar-refractivity contribution in [1.29, 1.82) is 0 Å². The van der Waals surface area contributed by atoms with E-state index in [4.69, 9.17) is 4.74 Å². The van der Waals surface area contributed by atoms with Gasteiger partial charge >= 0.3 is 0 Å². The molecule has 8 heteroatoms. The van der Waals surface area contributed by atoms with E-state index in [1.54, 1.807) is 6.07 Å². The van der Waals surface area contributed by atoms with Crippen LogP contribution < -0.4 is 15.8 Å². The molecule has 3 aromatic rings. The summed E-state index contributed by atoms with van der Waals surface area (Å²) in [7, 11) is 3.60. The van der Waals surface area contributed by atoms with Crippen molar-refractivity contribution in [2.75, 3.05) is 57.2 Å². The standard InChI is InChI=1S/C22H25N5O3/c1-26-9-11-27(12-10-26)19-8-7-15(13-18(19)23-20(28)14-30-2)21-16-5-3-4-6-17(16)22(29)25-24-21/h3-8,13H,9-12,14H2,1-2H3,(H,23,28)(H,25,29). The van der Waals surface area contributed by atoms with Crippen LogP contribution in [0.25, 0.3) is 22.0 Å². The molecule has 0 aliphatic carbocycles. The smallest absolute Gasteiger partial charge is 0.272 e. The number of benzene rings is 2. The second kappa shape index (κ2) is 8.64. The van der Waals surface area contributed by atoms with Crippen LogP contribution in [0.2, 0.25) is 0 Å². The summed E-state index contributed by atoms with van der Waals surface area (Å²) in [5, 5.41) is 11.2. The Morgan fingerprint density at radius 1 is 1.13 bits per heavy atom. The minimum Gasteiger partial charge on any atom is -0.375 e. The summed E-state index contributed by atoms with van der Waals surface area (Å²) in [5.74, 6) is -0.218. The van der Waals surface area contributed by atoms with Gasteiger partial charge in [-0.15, -0.1) is 0 Å². The first kappa shape index (κ1) is 20.1. The number of methoxy groups -OCH3 is 1. The van der Waals surface area contributed by atoms with Crippen LogP contribution in [0.5, 0.6) is 0 Å². The molecule has 2 N–H and O–H groups in total. The number of nitrogens with one attached hydrogen (secondary N) is 2. The van der Waals surface area contributed by atoms with Crippen LogP contribution in [0.15, 0.2) is 47.3 Å². The molecular weight excluding hydrogens is 382 g/mol. The summed E-state index contributed by atoms with van der Waals surface area (Å²) in [4.78, 5) is 29.0. The first-order chi connectivity index (χ1) is 14.6. The number of likely N-dealkylation sites (N-methyl/N-ethyl adjacent to an activating group) is 1. The number of hydrogen-bond acceptors (Lipinski definition) is 6. The van der Waals surface area contributed by atoms with Gasteiger partial charge in [-0.25, -0.2) is 5.10 Å². The van der Waals surface area contributed by atoms with Gasteiger partial charge < -0.3 is 19.9 Å². The maximum absolute atomic E-state index is 12.3. The third-order valence-electron chi connectivity index (χ3n) is 5.36. The van der Waals surface area contributed by atoms with Crippen LogP contribution in [0, 0.1) is 0 Å². The predicted molar refractivity (Wildman–Crippen MR) is 118 cm³/mol. The van der Waals surface area contributed by atoms with E-state index in [1.165, 1.54) is 7.11 Å². The summed E-state index contributed by atoms with van der Waals surface area (Å²) in [6, 6.07) is 13.3. The molecular formula is C22H25N5O3. The van der Waals surface area contributed by atoms with Gasteiger partial charge in [0.2, 0.25) is 5.91 Å². The van der Waals surface area contributed by atoms with Gasteiger partial charge in [-0.3, -0.25) is 9.59 Å². The van der Waals surface area contributed by atoms with Gasteiger partial charge in [0.05, 0.1) is 22.5 Å². The second-order valence-corrected chi connectivity index (χ2v) is 7.45. The molecule has 4 rings (SSSR count). The van der Waals surface area contributed by atoms with E-state index in [1.807, 2.05) is 36.4 Å². The Hall–Kier alpha value is -3.23. The molecule has 0 bridgehead atoms. The van der Waals surface area contributed by atoms with E-state index in [9.17, 15) is 9.59 Å². The van der Waals surface area contributed by atoms with E-state index in [2.05, 4.69) is 32.4 Å². The summed E-state index contributed by atoms with van der Waals surface area (Å²) in [5.41, 5.74) is 2.92. The Morgan fingerprint density at radius 3 is 2.60 bits per heavy atom. The average molecular weight is 407 g/mol. The van der Waals surface area contributed by atoms with Gasteiger partial charge in [0.1, 0.15) is 6.61 Å². The number of hydrogen-bond donors (Lipinski definition) is 2. The molecule has 1 aliphatic rings. The number of piperazine rings is 1. The number of carbonyl (C=O) groups excluding carboxylic acids is 1. The number of anilines is 2. The number of rotatable bonds is 5. The lowest BCUT2D eigenvalue weighted by Crippen LogP contribution is -2.44. The predicted octanol–water partition coefficient (Wildman–Crippen LogP) is 1.93. The highest BCUT2D eigenvalue weighted by Gasteiger charge is 2.19. The first-order valence-corrected chi connectivity index (χ1v) is 9.91. The number of carbonyl (C=O) groups is 1. The zero-order valence-corrected chi connectivity index (χ0v) is 17.1. The van der Waals surface area contributed by atoms with Crippen molar-refractivity contribution >= 4 is 28.1 Å². The third-order valence-corrected chi connectivity index (χ3v) is 5.36. The Bertz CT molecular complexity index is 1120. The number of H-pyrrole nitrogens is 1. The summed E-state index contributed by atoms with van der Waals surface area (Å²) >= 11 is 0. The molecule has 30 heavy (non-hydrogen) atoms. The molecule has 2 heterocycles. The van der Waals surface area contributed by atoms with E-state index in [-0.39, 0.29) is 18.1 Å². The summed E-state index contributed by atoms with van der Waals surface area (Å²) in [6.07, 6.45) is 0. The zero-order chi connectivity index (χ0) is 21.1. The number of aromatic nitrogens is 2. The SMILES string of the molecule is COCC(=O)Nc1cc(-c2n[nH]c(=O)c3ccccc23)ccc1N1CCN(C)CC1. The Labute approximate surface area is 174 Å². The molecule has 0 saturated carbocycles. The van der Waals surface area contributed by atoms with E-state index in [0.29, 0.717) is 16.8 Å². The van der Waals surface area contributed by atoms with Crippen molar-refractivity contribution in [3.05, 3.63) is 52.8 Å². The highest BCUT2D eigenvalue weighted by molar-refractivity contribution is 5.98. The normalized spacial score (nSPS) is 14.8. The van der Waals surface area contributed by atoms with Crippen molar-refractivity contribution in [2.24, 2.45) is 0 Å². The minimum absolute atomic E-state index is 0.0216. The van der Waals surface area contributed by atoms with Crippen LogP contribution in [0.3, 0.4) is 0 Å². The van der Waals surface area contributed by atoms with Crippen LogP contribution in [0.1, 0.15) is 0 Å². The Kier molecular flexibility index (Phi) is 5.78.